The molecule has 0 saturated heterocycles. The molecule has 0 aromatic rings. The number of hydrogen-bond acceptors (Lipinski definition) is 1. The van der Waals surface area contributed by atoms with Crippen LogP contribution in [0.3, 0.4) is 0 Å². The molecule has 0 rings (SSSR count). The molecule has 0 aliphatic rings. The van der Waals surface area contributed by atoms with Gasteiger partial charge in [-0.25, -0.2) is 0 Å². The molecule has 1 nitrogen and oxygen atoms in total. The number of allylic oxidation sites excluding steroid dienone is 1. The first-order valence-corrected chi connectivity index (χ1v) is 6.15. The highest BCUT2D eigenvalue weighted by molar-refractivity contribution is 7.36. The monoisotopic (exact) mass is 201 g/mol. The molecular formula is C3H7BCl3NSi. The van der Waals surface area contributed by atoms with Crippen molar-refractivity contribution in [3.63, 3.8) is 0 Å². The largest absolute Gasteiger partial charge is 0.426 e. The van der Waals surface area contributed by atoms with Gasteiger partial charge in [-0.2, -0.15) is 0 Å². The van der Waals surface area contributed by atoms with Crippen molar-refractivity contribution in [1.29, 1.82) is 0 Å². The molecule has 0 fully saturated rings. The summed E-state index contributed by atoms with van der Waals surface area (Å²) < 4.78 is 0. The summed E-state index contributed by atoms with van der Waals surface area (Å²) in [5.74, 6) is 0. The van der Waals surface area contributed by atoms with Crippen LogP contribution in [0.5, 0.6) is 0 Å². The lowest BCUT2D eigenvalue weighted by Crippen LogP contribution is -2.36. The Morgan fingerprint density at radius 1 is 1.67 bits per heavy atom. The molecule has 0 aromatic carbocycles. The van der Waals surface area contributed by atoms with Crippen LogP contribution in [0.25, 0.3) is 0 Å². The summed E-state index contributed by atoms with van der Waals surface area (Å²) in [5, 5.41) is 0.933. The molecule has 0 spiro atoms. The first-order valence-electron chi connectivity index (χ1n) is 2.37. The van der Waals surface area contributed by atoms with Crippen molar-refractivity contribution in [1.82, 2.24) is 4.89 Å². The number of hydrogen-bond donors (Lipinski definition) is 1. The summed E-state index contributed by atoms with van der Waals surface area (Å²) >= 11 is 16.5. The second-order valence-electron chi connectivity index (χ2n) is 1.68. The van der Waals surface area contributed by atoms with Gasteiger partial charge in [-0.1, -0.05) is 5.20 Å². The van der Waals surface area contributed by atoms with Crippen LogP contribution < -0.4 is 4.89 Å². The van der Waals surface area contributed by atoms with Crippen molar-refractivity contribution < 1.29 is 0 Å². The fourth-order valence-corrected chi connectivity index (χ4v) is 2.28. The summed E-state index contributed by atoms with van der Waals surface area (Å²) in [6.45, 7) is 5.51. The van der Waals surface area contributed by atoms with Gasteiger partial charge < -0.3 is 4.89 Å². The molecule has 52 valence electrons. The molecule has 1 atom stereocenters. The number of halogens is 3. The molecule has 1 N–H and O–H groups in total. The van der Waals surface area contributed by atoms with Crippen LogP contribution in [0.1, 0.15) is 6.92 Å². The molecule has 1 unspecified atom stereocenters. The van der Waals surface area contributed by atoms with Gasteiger partial charge >= 0.3 is 5.68 Å². The Labute approximate surface area is 71.7 Å². The third kappa shape index (κ3) is 5.30. The van der Waals surface area contributed by atoms with Gasteiger partial charge in [0.15, 0.2) is 0 Å². The average Bonchev–Trinajstić information content (AvgIpc) is 1.63. The minimum Gasteiger partial charge on any atom is -0.338 e. The Hall–Kier alpha value is 0.852. The topological polar surface area (TPSA) is 12.0 Å². The smallest absolute Gasteiger partial charge is 0.338 e. The summed E-state index contributed by atoms with van der Waals surface area (Å²) in [4.78, 5) is 2.78. The van der Waals surface area contributed by atoms with E-state index in [1.807, 2.05) is 6.92 Å². The average molecular weight is 202 g/mol. The van der Waals surface area contributed by atoms with Gasteiger partial charge in [0.1, 0.15) is 0 Å². The molecule has 0 heterocycles. The zero-order valence-electron chi connectivity index (χ0n) is 5.00. The summed E-state index contributed by atoms with van der Waals surface area (Å²) in [6, 6.07) is 0. The Morgan fingerprint density at radius 3 is 2.22 bits per heavy atom. The standard InChI is InChI=1S/C3H7BCl3NSi/c1-3(2)9(7)8-4(5)6/h8-9H,1H2,2H3. The third-order valence-electron chi connectivity index (χ3n) is 0.705. The van der Waals surface area contributed by atoms with E-state index in [1.54, 1.807) is 0 Å². The van der Waals surface area contributed by atoms with E-state index < -0.39 is 13.9 Å². The van der Waals surface area contributed by atoms with Crippen molar-refractivity contribution in [3.8, 4) is 0 Å². The molecule has 0 radical (unpaired) electrons. The van der Waals surface area contributed by atoms with Crippen molar-refractivity contribution in [2.24, 2.45) is 0 Å². The highest BCUT2D eigenvalue weighted by Gasteiger charge is 2.13. The van der Waals surface area contributed by atoms with E-state index in [1.165, 1.54) is 0 Å². The van der Waals surface area contributed by atoms with E-state index in [2.05, 4.69) is 11.5 Å². The fraction of sp³-hybridized carbons (Fsp3) is 0.333. The second kappa shape index (κ2) is 4.63. The van der Waals surface area contributed by atoms with Crippen LogP contribution in [0.4, 0.5) is 0 Å². The van der Waals surface area contributed by atoms with E-state index in [-0.39, 0.29) is 0 Å². The van der Waals surface area contributed by atoms with E-state index >= 15 is 0 Å². The minimum atomic E-state index is -1.57. The van der Waals surface area contributed by atoms with Gasteiger partial charge in [0.2, 0.25) is 8.27 Å². The van der Waals surface area contributed by atoms with Crippen molar-refractivity contribution in [3.05, 3.63) is 11.8 Å². The highest BCUT2D eigenvalue weighted by Crippen LogP contribution is 2.00. The number of nitrogens with one attached hydrogen (secondary N) is 1. The SMILES string of the molecule is C=C(C)[SiH](Cl)NB(Cl)Cl. The van der Waals surface area contributed by atoms with Crippen LogP contribution >= 0.6 is 34.0 Å². The lowest BCUT2D eigenvalue weighted by molar-refractivity contribution is 1.52. The van der Waals surface area contributed by atoms with Gasteiger partial charge in [0, 0.05) is 0 Å². The van der Waals surface area contributed by atoms with Gasteiger partial charge in [0.25, 0.3) is 0 Å². The lowest BCUT2D eigenvalue weighted by Gasteiger charge is -2.06. The molecule has 0 amide bonds. The minimum absolute atomic E-state index is 0.573. The summed E-state index contributed by atoms with van der Waals surface area (Å²) in [6.07, 6.45) is 0. The maximum Gasteiger partial charge on any atom is 0.426 e. The van der Waals surface area contributed by atoms with Gasteiger partial charge in [0.05, 0.1) is 0 Å². The Balaban J connectivity index is 3.50. The van der Waals surface area contributed by atoms with Crippen molar-refractivity contribution in [2.45, 2.75) is 6.92 Å². The Morgan fingerprint density at radius 2 is 2.11 bits per heavy atom. The number of rotatable bonds is 3. The van der Waals surface area contributed by atoms with Crippen LogP contribution in [-0.2, 0) is 0 Å². The van der Waals surface area contributed by atoms with E-state index in [0.29, 0.717) is 0 Å². The first-order chi connectivity index (χ1) is 4.04. The molecule has 0 saturated carbocycles. The molecule has 0 bridgehead atoms. The Bertz CT molecular complexity index is 109. The van der Waals surface area contributed by atoms with Crippen molar-refractivity contribution in [2.75, 3.05) is 0 Å². The van der Waals surface area contributed by atoms with Crippen LogP contribution in [0.2, 0.25) is 0 Å². The predicted molar refractivity (Wildman–Crippen MR) is 48.4 cm³/mol. The molecule has 6 heteroatoms. The van der Waals surface area contributed by atoms with Gasteiger partial charge in [-0.15, -0.1) is 40.6 Å². The summed E-state index contributed by atoms with van der Waals surface area (Å²) in [5.41, 5.74) is -0.573. The van der Waals surface area contributed by atoms with Gasteiger partial charge in [-0.05, 0) is 6.92 Å². The highest BCUT2D eigenvalue weighted by atomic mass is 35.6. The fourth-order valence-electron chi connectivity index (χ4n) is 0.253. The van der Waals surface area contributed by atoms with Crippen LogP contribution in [-0.4, -0.2) is 13.9 Å². The normalized spacial score (nSPS) is 12.9. The van der Waals surface area contributed by atoms with Crippen LogP contribution in [0, 0.1) is 0 Å². The second-order valence-corrected chi connectivity index (χ2v) is 6.13. The lowest BCUT2D eigenvalue weighted by atomic mass is 10.4. The zero-order valence-corrected chi connectivity index (χ0v) is 8.42. The molecular weight excluding hydrogens is 195 g/mol. The third-order valence-corrected chi connectivity index (χ3v) is 4.37. The maximum atomic E-state index is 5.77. The quantitative estimate of drug-likeness (QED) is 0.541. The molecule has 0 aliphatic heterocycles. The molecule has 9 heavy (non-hydrogen) atoms. The predicted octanol–water partition coefficient (Wildman–Crippen LogP) is 1.61. The molecule has 0 aromatic heterocycles. The van der Waals surface area contributed by atoms with E-state index in [4.69, 9.17) is 34.0 Å². The summed E-state index contributed by atoms with van der Waals surface area (Å²) in [7, 11) is -1.57. The first kappa shape index (κ1) is 9.85. The van der Waals surface area contributed by atoms with Crippen LogP contribution in [0.15, 0.2) is 11.8 Å². The molecule has 0 aliphatic carbocycles. The van der Waals surface area contributed by atoms with E-state index in [9.17, 15) is 0 Å². The van der Waals surface area contributed by atoms with Gasteiger partial charge in [-0.3, -0.25) is 0 Å². The van der Waals surface area contributed by atoms with E-state index in [0.717, 1.165) is 5.20 Å². The van der Waals surface area contributed by atoms with Crippen molar-refractivity contribution >= 4 is 47.9 Å². The zero-order chi connectivity index (χ0) is 7.44. The maximum absolute atomic E-state index is 5.77. The Kier molecular flexibility index (Phi) is 5.07.